The van der Waals surface area contributed by atoms with Crippen molar-refractivity contribution in [1.29, 1.82) is 0 Å². The summed E-state index contributed by atoms with van der Waals surface area (Å²) in [5, 5.41) is 6.43. The Morgan fingerprint density at radius 1 is 1.21 bits per heavy atom. The van der Waals surface area contributed by atoms with Crippen LogP contribution < -0.4 is 10.6 Å². The number of carbonyl (C=O) groups is 1. The molecule has 2 fully saturated rings. The highest BCUT2D eigenvalue weighted by molar-refractivity contribution is 5.83. The van der Waals surface area contributed by atoms with E-state index in [4.69, 9.17) is 0 Å². The van der Waals surface area contributed by atoms with Gasteiger partial charge >= 0.3 is 0 Å². The van der Waals surface area contributed by atoms with Crippen LogP contribution in [0.2, 0.25) is 0 Å². The van der Waals surface area contributed by atoms with Gasteiger partial charge in [0.1, 0.15) is 0 Å². The van der Waals surface area contributed by atoms with Gasteiger partial charge in [-0.15, -0.1) is 0 Å². The minimum absolute atomic E-state index is 0.111. The first-order valence-corrected chi connectivity index (χ1v) is 7.93. The van der Waals surface area contributed by atoms with Crippen LogP contribution in [-0.2, 0) is 4.79 Å². The van der Waals surface area contributed by atoms with Gasteiger partial charge < -0.3 is 10.6 Å². The number of nitrogens with one attached hydrogen (secondary N) is 2. The van der Waals surface area contributed by atoms with Crippen molar-refractivity contribution in [2.24, 2.45) is 16.7 Å². The van der Waals surface area contributed by atoms with Crippen LogP contribution in [0.3, 0.4) is 0 Å². The molecule has 2 N–H and O–H groups in total. The zero-order valence-electron chi connectivity index (χ0n) is 12.8. The molecule has 1 amide bonds. The molecule has 0 aromatic carbocycles. The Kier molecular flexibility index (Phi) is 4.54. The maximum absolute atomic E-state index is 12.4. The summed E-state index contributed by atoms with van der Waals surface area (Å²) in [5.41, 5.74) is 0.136. The van der Waals surface area contributed by atoms with E-state index in [0.717, 1.165) is 31.8 Å². The quantitative estimate of drug-likeness (QED) is 0.776. The van der Waals surface area contributed by atoms with E-state index in [2.05, 4.69) is 24.5 Å². The minimum atomic E-state index is -0.111. The van der Waals surface area contributed by atoms with Crippen LogP contribution in [0.15, 0.2) is 0 Å². The predicted molar refractivity (Wildman–Crippen MR) is 79.0 cm³/mol. The number of carbonyl (C=O) groups excluding carboxylic acids is 1. The lowest BCUT2D eigenvalue weighted by Crippen LogP contribution is -2.52. The van der Waals surface area contributed by atoms with Crippen LogP contribution in [0.1, 0.15) is 58.8 Å². The lowest BCUT2D eigenvalue weighted by atomic mass is 9.67. The molecule has 0 aromatic rings. The van der Waals surface area contributed by atoms with Gasteiger partial charge in [0.2, 0.25) is 5.91 Å². The maximum Gasteiger partial charge on any atom is 0.227 e. The molecule has 2 aliphatic carbocycles. The number of amides is 1. The summed E-state index contributed by atoms with van der Waals surface area (Å²) < 4.78 is 0. The summed E-state index contributed by atoms with van der Waals surface area (Å²) in [6.45, 7) is 6.29. The lowest BCUT2D eigenvalue weighted by molar-refractivity contribution is -0.136. The van der Waals surface area contributed by atoms with Crippen molar-refractivity contribution in [2.75, 3.05) is 20.1 Å². The van der Waals surface area contributed by atoms with Crippen molar-refractivity contribution in [3.8, 4) is 0 Å². The predicted octanol–water partition coefficient (Wildman–Crippen LogP) is 2.71. The van der Waals surface area contributed by atoms with E-state index in [0.29, 0.717) is 0 Å². The standard InChI is InChI=1S/C16H30N2O/c1-15(2,13-7-4-5-8-13)11-18-14(19)16(12-17-3)9-6-10-16/h13,17H,4-12H2,1-3H3,(H,18,19). The summed E-state index contributed by atoms with van der Waals surface area (Å²) in [4.78, 5) is 12.4. The summed E-state index contributed by atoms with van der Waals surface area (Å²) >= 11 is 0. The molecule has 2 rings (SSSR count). The van der Waals surface area contributed by atoms with Crippen molar-refractivity contribution in [3.63, 3.8) is 0 Å². The van der Waals surface area contributed by atoms with E-state index < -0.39 is 0 Å². The van der Waals surface area contributed by atoms with E-state index in [9.17, 15) is 4.79 Å². The van der Waals surface area contributed by atoms with Gasteiger partial charge in [-0.25, -0.2) is 0 Å². The first-order chi connectivity index (χ1) is 9.00. The maximum atomic E-state index is 12.4. The average molecular weight is 266 g/mol. The molecule has 110 valence electrons. The molecule has 0 atom stereocenters. The highest BCUT2D eigenvalue weighted by atomic mass is 16.2. The Bertz CT molecular complexity index is 315. The lowest BCUT2D eigenvalue weighted by Gasteiger charge is -2.41. The highest BCUT2D eigenvalue weighted by Crippen LogP contribution is 2.42. The average Bonchev–Trinajstić information content (AvgIpc) is 2.85. The normalized spacial score (nSPS) is 23.1. The molecule has 0 spiro atoms. The molecule has 19 heavy (non-hydrogen) atoms. The van der Waals surface area contributed by atoms with Crippen LogP contribution >= 0.6 is 0 Å². The van der Waals surface area contributed by atoms with Gasteiger partial charge in [-0.2, -0.15) is 0 Å². The van der Waals surface area contributed by atoms with Crippen molar-refractivity contribution in [3.05, 3.63) is 0 Å². The second kappa shape index (κ2) is 5.82. The van der Waals surface area contributed by atoms with Gasteiger partial charge in [-0.3, -0.25) is 4.79 Å². The first kappa shape index (κ1) is 14.8. The zero-order valence-corrected chi connectivity index (χ0v) is 12.8. The van der Waals surface area contributed by atoms with Crippen LogP contribution in [0, 0.1) is 16.7 Å². The third kappa shape index (κ3) is 3.13. The summed E-state index contributed by atoms with van der Waals surface area (Å²) in [5.74, 6) is 1.06. The molecule has 3 heteroatoms. The molecule has 0 unspecified atom stereocenters. The van der Waals surface area contributed by atoms with Crippen molar-refractivity contribution >= 4 is 5.91 Å². The largest absolute Gasteiger partial charge is 0.355 e. The van der Waals surface area contributed by atoms with E-state index in [1.165, 1.54) is 32.1 Å². The molecular formula is C16H30N2O. The Labute approximate surface area is 117 Å². The third-order valence-corrected chi connectivity index (χ3v) is 5.47. The topological polar surface area (TPSA) is 41.1 Å². The molecule has 0 heterocycles. The molecule has 0 aromatic heterocycles. The first-order valence-electron chi connectivity index (χ1n) is 7.93. The number of hydrogen-bond acceptors (Lipinski definition) is 2. The van der Waals surface area contributed by atoms with Gasteiger partial charge in [0.25, 0.3) is 0 Å². The van der Waals surface area contributed by atoms with Crippen LogP contribution in [-0.4, -0.2) is 26.0 Å². The fourth-order valence-corrected chi connectivity index (χ4v) is 3.77. The van der Waals surface area contributed by atoms with Gasteiger partial charge in [0.05, 0.1) is 5.41 Å². The molecule has 0 saturated heterocycles. The zero-order chi connectivity index (χ0) is 13.9. The molecule has 2 saturated carbocycles. The molecule has 2 aliphatic rings. The van der Waals surface area contributed by atoms with Crippen LogP contribution in [0.4, 0.5) is 0 Å². The van der Waals surface area contributed by atoms with Gasteiger partial charge in [0, 0.05) is 13.1 Å². The van der Waals surface area contributed by atoms with E-state index in [1.54, 1.807) is 0 Å². The highest BCUT2D eigenvalue weighted by Gasteiger charge is 2.44. The van der Waals surface area contributed by atoms with E-state index in [-0.39, 0.29) is 16.7 Å². The fourth-order valence-electron chi connectivity index (χ4n) is 3.77. The van der Waals surface area contributed by atoms with Gasteiger partial charge in [0.15, 0.2) is 0 Å². The van der Waals surface area contributed by atoms with E-state index >= 15 is 0 Å². The molecular weight excluding hydrogens is 236 g/mol. The van der Waals surface area contributed by atoms with Crippen LogP contribution in [0.5, 0.6) is 0 Å². The molecule has 0 radical (unpaired) electrons. The summed E-state index contributed by atoms with van der Waals surface area (Å²) in [6, 6.07) is 0. The molecule has 3 nitrogen and oxygen atoms in total. The molecule has 0 aliphatic heterocycles. The van der Waals surface area contributed by atoms with E-state index in [1.807, 2.05) is 7.05 Å². The number of rotatable bonds is 6. The Balaban J connectivity index is 1.85. The number of hydrogen-bond donors (Lipinski definition) is 2. The minimum Gasteiger partial charge on any atom is -0.355 e. The van der Waals surface area contributed by atoms with Gasteiger partial charge in [-0.05, 0) is 44.1 Å². The molecule has 0 bridgehead atoms. The van der Waals surface area contributed by atoms with Gasteiger partial charge in [-0.1, -0.05) is 33.1 Å². The smallest absolute Gasteiger partial charge is 0.227 e. The third-order valence-electron chi connectivity index (χ3n) is 5.47. The summed E-state index contributed by atoms with van der Waals surface area (Å²) in [7, 11) is 1.94. The second-order valence-corrected chi connectivity index (χ2v) is 7.32. The monoisotopic (exact) mass is 266 g/mol. The fraction of sp³-hybridized carbons (Fsp3) is 0.938. The Morgan fingerprint density at radius 3 is 2.32 bits per heavy atom. The van der Waals surface area contributed by atoms with Crippen molar-refractivity contribution < 1.29 is 4.79 Å². The summed E-state index contributed by atoms with van der Waals surface area (Å²) in [6.07, 6.45) is 8.70. The van der Waals surface area contributed by atoms with Crippen molar-refractivity contribution in [2.45, 2.75) is 58.8 Å². The Morgan fingerprint density at radius 2 is 1.84 bits per heavy atom. The van der Waals surface area contributed by atoms with Crippen LogP contribution in [0.25, 0.3) is 0 Å². The second-order valence-electron chi connectivity index (χ2n) is 7.32. The Hall–Kier alpha value is -0.570. The SMILES string of the molecule is CNCC1(C(=O)NCC(C)(C)C2CCCC2)CCC1. The van der Waals surface area contributed by atoms with Crippen molar-refractivity contribution in [1.82, 2.24) is 10.6 Å².